The minimum Gasteiger partial charge on any atom is -0.192 e. The number of hydrogen-bond acceptors (Lipinski definition) is 1. The third-order valence-corrected chi connectivity index (χ3v) is 4.21. The summed E-state index contributed by atoms with van der Waals surface area (Å²) in [5.74, 6) is 0.716. The molecule has 21 heavy (non-hydrogen) atoms. The molecule has 0 spiro atoms. The van der Waals surface area contributed by atoms with Crippen LogP contribution in [0.5, 0.6) is 0 Å². The Labute approximate surface area is 129 Å². The normalized spacial score (nSPS) is 17.3. The van der Waals surface area contributed by atoms with E-state index in [0.29, 0.717) is 5.92 Å². The Morgan fingerprint density at radius 2 is 1.86 bits per heavy atom. The third-order valence-electron chi connectivity index (χ3n) is 4.21. The van der Waals surface area contributed by atoms with Crippen LogP contribution in [-0.4, -0.2) is 0 Å². The van der Waals surface area contributed by atoms with Crippen molar-refractivity contribution in [3.63, 3.8) is 0 Å². The Morgan fingerprint density at radius 3 is 2.48 bits per heavy atom. The van der Waals surface area contributed by atoms with Crippen LogP contribution in [0.2, 0.25) is 0 Å². The molecule has 1 nitrogen and oxygen atoms in total. The first-order valence-corrected chi connectivity index (χ1v) is 8.22. The molecule has 1 unspecified atom stereocenters. The molecule has 0 heterocycles. The van der Waals surface area contributed by atoms with Crippen LogP contribution in [-0.2, 0) is 0 Å². The summed E-state index contributed by atoms with van der Waals surface area (Å²) in [4.78, 5) is 0. The number of benzene rings is 1. The van der Waals surface area contributed by atoms with Gasteiger partial charge in [0.2, 0.25) is 0 Å². The fourth-order valence-electron chi connectivity index (χ4n) is 2.84. The Bertz CT molecular complexity index is 528. The summed E-state index contributed by atoms with van der Waals surface area (Å²) in [6, 6.07) is 10.0. The maximum Gasteiger partial charge on any atom is 0.0991 e. The van der Waals surface area contributed by atoms with Crippen LogP contribution in [0, 0.1) is 17.2 Å². The highest BCUT2D eigenvalue weighted by Crippen LogP contribution is 2.27. The first kappa shape index (κ1) is 15.6. The number of unbranched alkanes of at least 4 members (excludes halogenated alkanes) is 4. The molecule has 0 N–H and O–H groups in total. The molecule has 0 bridgehead atoms. The highest BCUT2D eigenvalue weighted by Gasteiger charge is 2.09. The quantitative estimate of drug-likeness (QED) is 0.572. The van der Waals surface area contributed by atoms with Gasteiger partial charge in [0, 0.05) is 0 Å². The Morgan fingerprint density at radius 1 is 1.10 bits per heavy atom. The predicted octanol–water partition coefficient (Wildman–Crippen LogP) is 5.88. The zero-order valence-electron chi connectivity index (χ0n) is 13.0. The Balaban J connectivity index is 1.79. The lowest BCUT2D eigenvalue weighted by molar-refractivity contribution is 0.525. The molecular weight excluding hydrogens is 254 g/mol. The van der Waals surface area contributed by atoms with Crippen molar-refractivity contribution in [1.29, 1.82) is 5.26 Å². The second-order valence-corrected chi connectivity index (χ2v) is 5.91. The first-order chi connectivity index (χ1) is 10.3. The van der Waals surface area contributed by atoms with Gasteiger partial charge in [0.25, 0.3) is 0 Å². The van der Waals surface area contributed by atoms with Gasteiger partial charge < -0.3 is 0 Å². The topological polar surface area (TPSA) is 23.8 Å². The largest absolute Gasteiger partial charge is 0.192 e. The maximum atomic E-state index is 8.83. The number of allylic oxidation sites excluding steroid dienone is 4. The predicted molar refractivity (Wildman–Crippen MR) is 89.8 cm³/mol. The minimum atomic E-state index is 0.716. The van der Waals surface area contributed by atoms with Gasteiger partial charge in [-0.25, -0.2) is 0 Å². The lowest BCUT2D eigenvalue weighted by Crippen LogP contribution is -2.00. The molecule has 1 atom stereocenters. The van der Waals surface area contributed by atoms with Crippen molar-refractivity contribution in [2.24, 2.45) is 5.92 Å². The molecule has 0 aliphatic heterocycles. The molecule has 2 rings (SSSR count). The molecule has 1 aromatic rings. The number of nitrogens with zero attached hydrogens (tertiary/aromatic N) is 1. The van der Waals surface area contributed by atoms with Crippen LogP contribution >= 0.6 is 0 Å². The van der Waals surface area contributed by atoms with E-state index in [1.807, 2.05) is 24.3 Å². The second-order valence-electron chi connectivity index (χ2n) is 5.91. The van der Waals surface area contributed by atoms with Crippen LogP contribution in [0.3, 0.4) is 0 Å². The van der Waals surface area contributed by atoms with Crippen molar-refractivity contribution in [3.8, 4) is 6.07 Å². The van der Waals surface area contributed by atoms with E-state index in [2.05, 4.69) is 31.2 Å². The molecular formula is C20H25N. The zero-order valence-corrected chi connectivity index (χ0v) is 13.0. The van der Waals surface area contributed by atoms with Gasteiger partial charge in [-0.15, -0.1) is 0 Å². The van der Waals surface area contributed by atoms with Crippen LogP contribution < -0.4 is 0 Å². The van der Waals surface area contributed by atoms with Crippen LogP contribution in [0.25, 0.3) is 5.57 Å². The highest BCUT2D eigenvalue weighted by atomic mass is 14.2. The molecule has 1 aliphatic carbocycles. The monoisotopic (exact) mass is 279 g/mol. The Hall–Kier alpha value is -1.81. The Kier molecular flexibility index (Phi) is 6.28. The summed E-state index contributed by atoms with van der Waals surface area (Å²) >= 11 is 0. The number of hydrogen-bond donors (Lipinski definition) is 0. The molecule has 1 aliphatic rings. The van der Waals surface area contributed by atoms with E-state index in [0.717, 1.165) is 12.0 Å². The van der Waals surface area contributed by atoms with Crippen LogP contribution in [0.1, 0.15) is 63.0 Å². The summed E-state index contributed by atoms with van der Waals surface area (Å²) < 4.78 is 0. The average Bonchev–Trinajstić information content (AvgIpc) is 2.55. The van der Waals surface area contributed by atoms with E-state index >= 15 is 0 Å². The van der Waals surface area contributed by atoms with Gasteiger partial charge in [-0.3, -0.25) is 0 Å². The van der Waals surface area contributed by atoms with Crippen molar-refractivity contribution >= 4 is 5.57 Å². The lowest BCUT2D eigenvalue weighted by atomic mass is 9.89. The summed E-state index contributed by atoms with van der Waals surface area (Å²) in [5, 5.41) is 8.83. The van der Waals surface area contributed by atoms with E-state index < -0.39 is 0 Å². The smallest absolute Gasteiger partial charge is 0.0991 e. The summed E-state index contributed by atoms with van der Waals surface area (Å²) in [6.07, 6.45) is 16.3. The second kappa shape index (κ2) is 8.47. The fourth-order valence-corrected chi connectivity index (χ4v) is 2.84. The first-order valence-electron chi connectivity index (χ1n) is 8.22. The number of nitriles is 1. The van der Waals surface area contributed by atoms with Crippen molar-refractivity contribution in [2.75, 3.05) is 0 Å². The van der Waals surface area contributed by atoms with Crippen LogP contribution in [0.15, 0.2) is 42.5 Å². The van der Waals surface area contributed by atoms with Crippen molar-refractivity contribution in [2.45, 2.75) is 51.9 Å². The van der Waals surface area contributed by atoms with Gasteiger partial charge in [0.05, 0.1) is 11.6 Å². The van der Waals surface area contributed by atoms with Gasteiger partial charge >= 0.3 is 0 Å². The molecule has 0 saturated carbocycles. The fraction of sp³-hybridized carbons (Fsp3) is 0.450. The van der Waals surface area contributed by atoms with Crippen molar-refractivity contribution in [3.05, 3.63) is 53.6 Å². The molecule has 0 radical (unpaired) electrons. The van der Waals surface area contributed by atoms with E-state index in [1.165, 1.54) is 49.7 Å². The number of rotatable bonds is 7. The van der Waals surface area contributed by atoms with E-state index in [9.17, 15) is 0 Å². The third kappa shape index (κ3) is 4.90. The van der Waals surface area contributed by atoms with Gasteiger partial charge in [-0.2, -0.15) is 5.26 Å². The van der Waals surface area contributed by atoms with Gasteiger partial charge in [-0.1, -0.05) is 69.4 Å². The van der Waals surface area contributed by atoms with Crippen molar-refractivity contribution < 1.29 is 0 Å². The highest BCUT2D eigenvalue weighted by molar-refractivity contribution is 5.75. The molecule has 110 valence electrons. The summed E-state index contributed by atoms with van der Waals surface area (Å²) in [7, 11) is 0. The molecule has 0 saturated heterocycles. The molecule has 0 fully saturated rings. The molecule has 1 heteroatoms. The maximum absolute atomic E-state index is 8.83. The van der Waals surface area contributed by atoms with Crippen LogP contribution in [0.4, 0.5) is 0 Å². The van der Waals surface area contributed by atoms with Gasteiger partial charge in [0.15, 0.2) is 0 Å². The standard InChI is InChI=1S/C20H25N/c1-2-3-4-5-6-7-17-8-12-19(13-9-17)20-14-10-18(16-21)11-15-20/h8,10-15,17H,2-7,9H2,1H3. The van der Waals surface area contributed by atoms with Gasteiger partial charge in [0.1, 0.15) is 0 Å². The minimum absolute atomic E-state index is 0.716. The van der Waals surface area contributed by atoms with Gasteiger partial charge in [-0.05, 0) is 42.0 Å². The van der Waals surface area contributed by atoms with E-state index in [1.54, 1.807) is 0 Å². The zero-order chi connectivity index (χ0) is 14.9. The lowest BCUT2D eigenvalue weighted by Gasteiger charge is -2.16. The summed E-state index contributed by atoms with van der Waals surface area (Å²) in [5.41, 5.74) is 3.23. The van der Waals surface area contributed by atoms with E-state index in [-0.39, 0.29) is 0 Å². The molecule has 0 aromatic heterocycles. The molecule has 1 aromatic carbocycles. The molecule has 0 amide bonds. The summed E-state index contributed by atoms with van der Waals surface area (Å²) in [6.45, 7) is 2.26. The SMILES string of the molecule is CCCCCCCC1C=CC(c2ccc(C#N)cc2)=CC1. The average molecular weight is 279 g/mol. The van der Waals surface area contributed by atoms with E-state index in [4.69, 9.17) is 5.26 Å². The van der Waals surface area contributed by atoms with Crippen molar-refractivity contribution in [1.82, 2.24) is 0 Å².